The lowest BCUT2D eigenvalue weighted by atomic mass is 9.78. The van der Waals surface area contributed by atoms with E-state index >= 15 is 0 Å². The second-order valence-electron chi connectivity index (χ2n) is 4.90. The predicted molar refractivity (Wildman–Crippen MR) is 62.0 cm³/mol. The number of fused-ring (bicyclic) bond motifs is 1. The van der Waals surface area contributed by atoms with Crippen LogP contribution in [0, 0.1) is 5.92 Å². The number of halogens is 1. The molecule has 2 aliphatic rings. The molecule has 0 radical (unpaired) electrons. The fraction of sp³-hybridized carbons (Fsp3) is 0.917. The van der Waals surface area contributed by atoms with Gasteiger partial charge in [0.2, 0.25) is 5.91 Å². The summed E-state index contributed by atoms with van der Waals surface area (Å²) in [6.45, 7) is 2.72. The first kappa shape index (κ1) is 11.3. The van der Waals surface area contributed by atoms with Gasteiger partial charge in [-0.25, -0.2) is 0 Å². The zero-order chi connectivity index (χ0) is 10.8. The molecule has 0 bridgehead atoms. The number of piperidine rings is 1. The van der Waals surface area contributed by atoms with Gasteiger partial charge >= 0.3 is 0 Å². The second-order valence-corrected chi connectivity index (χ2v) is 5.56. The Morgan fingerprint density at radius 2 is 1.93 bits per heavy atom. The van der Waals surface area contributed by atoms with Crippen molar-refractivity contribution >= 4 is 17.5 Å². The van der Waals surface area contributed by atoms with Crippen LogP contribution in [0.15, 0.2) is 0 Å². The highest BCUT2D eigenvalue weighted by molar-refractivity contribution is 6.30. The SMILES string of the molecule is C[C@H](Cl)C(=O)N1CCC[C@H]2CCCC[C@H]21. The molecule has 1 saturated heterocycles. The van der Waals surface area contributed by atoms with Crippen molar-refractivity contribution in [2.45, 2.75) is 56.9 Å². The molecule has 2 nitrogen and oxygen atoms in total. The van der Waals surface area contributed by atoms with Gasteiger partial charge in [0.15, 0.2) is 0 Å². The number of alkyl halides is 1. The van der Waals surface area contributed by atoms with E-state index in [4.69, 9.17) is 11.6 Å². The molecule has 1 heterocycles. The molecule has 0 spiro atoms. The van der Waals surface area contributed by atoms with Gasteiger partial charge in [0.1, 0.15) is 5.38 Å². The highest BCUT2D eigenvalue weighted by Crippen LogP contribution is 2.35. The van der Waals surface area contributed by atoms with Crippen LogP contribution in [-0.4, -0.2) is 28.8 Å². The summed E-state index contributed by atoms with van der Waals surface area (Å²) in [4.78, 5) is 14.0. The Hall–Kier alpha value is -0.240. The van der Waals surface area contributed by atoms with Gasteiger partial charge in [-0.05, 0) is 38.5 Å². The highest BCUT2D eigenvalue weighted by atomic mass is 35.5. The second kappa shape index (κ2) is 4.73. The molecule has 0 N–H and O–H groups in total. The molecule has 2 fully saturated rings. The van der Waals surface area contributed by atoms with E-state index in [0.29, 0.717) is 6.04 Å². The van der Waals surface area contributed by atoms with Crippen LogP contribution in [0.1, 0.15) is 45.4 Å². The molecule has 1 aliphatic heterocycles. The number of nitrogens with zero attached hydrogens (tertiary/aromatic N) is 1. The molecule has 1 aliphatic carbocycles. The molecule has 86 valence electrons. The molecule has 0 aromatic rings. The third kappa shape index (κ3) is 2.30. The van der Waals surface area contributed by atoms with Crippen molar-refractivity contribution in [3.05, 3.63) is 0 Å². The summed E-state index contributed by atoms with van der Waals surface area (Å²) in [6, 6.07) is 0.501. The van der Waals surface area contributed by atoms with Gasteiger partial charge in [-0.2, -0.15) is 0 Å². The van der Waals surface area contributed by atoms with E-state index in [1.165, 1.54) is 32.1 Å². The van der Waals surface area contributed by atoms with E-state index in [1.54, 1.807) is 6.92 Å². The number of hydrogen-bond acceptors (Lipinski definition) is 1. The molecule has 2 rings (SSSR count). The van der Waals surface area contributed by atoms with Gasteiger partial charge in [-0.15, -0.1) is 11.6 Å². The third-order valence-electron chi connectivity index (χ3n) is 3.87. The Labute approximate surface area is 97.0 Å². The summed E-state index contributed by atoms with van der Waals surface area (Å²) < 4.78 is 0. The Balaban J connectivity index is 2.06. The molecule has 1 amide bonds. The van der Waals surface area contributed by atoms with Gasteiger partial charge in [0.25, 0.3) is 0 Å². The summed E-state index contributed by atoms with van der Waals surface area (Å²) >= 11 is 5.90. The normalized spacial score (nSPS) is 33.3. The van der Waals surface area contributed by atoms with Gasteiger partial charge in [-0.3, -0.25) is 4.79 Å². The monoisotopic (exact) mass is 229 g/mol. The van der Waals surface area contributed by atoms with Crippen molar-refractivity contribution in [3.8, 4) is 0 Å². The molecule has 0 aromatic heterocycles. The van der Waals surface area contributed by atoms with Crippen LogP contribution in [0.4, 0.5) is 0 Å². The van der Waals surface area contributed by atoms with E-state index in [1.807, 2.05) is 0 Å². The maximum atomic E-state index is 11.9. The first-order valence-corrected chi connectivity index (χ1v) is 6.58. The minimum atomic E-state index is -0.356. The fourth-order valence-corrected chi connectivity index (χ4v) is 3.25. The van der Waals surface area contributed by atoms with Crippen molar-refractivity contribution in [2.75, 3.05) is 6.54 Å². The summed E-state index contributed by atoms with van der Waals surface area (Å²) in [6.07, 6.45) is 7.61. The summed E-state index contributed by atoms with van der Waals surface area (Å²) in [5.41, 5.74) is 0. The molecule has 0 aromatic carbocycles. The number of hydrogen-bond donors (Lipinski definition) is 0. The van der Waals surface area contributed by atoms with E-state index in [2.05, 4.69) is 4.90 Å². The van der Waals surface area contributed by atoms with E-state index in [-0.39, 0.29) is 11.3 Å². The topological polar surface area (TPSA) is 20.3 Å². The molecular formula is C12H20ClNO. The maximum Gasteiger partial charge on any atom is 0.240 e. The van der Waals surface area contributed by atoms with Crippen LogP contribution in [0.3, 0.4) is 0 Å². The van der Waals surface area contributed by atoms with Gasteiger partial charge < -0.3 is 4.90 Å². The largest absolute Gasteiger partial charge is 0.338 e. The summed E-state index contributed by atoms with van der Waals surface area (Å²) in [5.74, 6) is 0.903. The van der Waals surface area contributed by atoms with Crippen molar-refractivity contribution < 1.29 is 4.79 Å². The Bertz CT molecular complexity index is 240. The Morgan fingerprint density at radius 1 is 1.27 bits per heavy atom. The molecule has 1 saturated carbocycles. The number of rotatable bonds is 1. The van der Waals surface area contributed by atoms with Crippen molar-refractivity contribution in [1.82, 2.24) is 4.90 Å². The van der Waals surface area contributed by atoms with Crippen LogP contribution in [0.5, 0.6) is 0 Å². The van der Waals surface area contributed by atoms with Crippen molar-refractivity contribution in [3.63, 3.8) is 0 Å². The van der Waals surface area contributed by atoms with Crippen LogP contribution in [0.2, 0.25) is 0 Å². The van der Waals surface area contributed by atoms with Gasteiger partial charge in [-0.1, -0.05) is 12.8 Å². The lowest BCUT2D eigenvalue weighted by Gasteiger charge is -2.44. The first-order chi connectivity index (χ1) is 7.20. The molecule has 3 atom stereocenters. The Kier molecular flexibility index (Phi) is 3.55. The highest BCUT2D eigenvalue weighted by Gasteiger charge is 2.36. The van der Waals surface area contributed by atoms with E-state index in [9.17, 15) is 4.79 Å². The summed E-state index contributed by atoms with van der Waals surface area (Å²) in [7, 11) is 0. The zero-order valence-electron chi connectivity index (χ0n) is 9.42. The predicted octanol–water partition coefficient (Wildman–Crippen LogP) is 2.79. The van der Waals surface area contributed by atoms with Gasteiger partial charge in [0, 0.05) is 12.6 Å². The number of carbonyl (C=O) groups is 1. The molecule has 15 heavy (non-hydrogen) atoms. The molecule has 0 unspecified atom stereocenters. The fourth-order valence-electron chi connectivity index (χ4n) is 3.13. The maximum absolute atomic E-state index is 11.9. The quantitative estimate of drug-likeness (QED) is 0.634. The smallest absolute Gasteiger partial charge is 0.240 e. The minimum absolute atomic E-state index is 0.147. The third-order valence-corrected chi connectivity index (χ3v) is 4.05. The lowest BCUT2D eigenvalue weighted by molar-refractivity contribution is -0.136. The Morgan fingerprint density at radius 3 is 2.67 bits per heavy atom. The minimum Gasteiger partial charge on any atom is -0.338 e. The van der Waals surface area contributed by atoms with E-state index < -0.39 is 0 Å². The van der Waals surface area contributed by atoms with Crippen molar-refractivity contribution in [2.24, 2.45) is 5.92 Å². The number of carbonyl (C=O) groups excluding carboxylic acids is 1. The lowest BCUT2D eigenvalue weighted by Crippen LogP contribution is -2.51. The zero-order valence-corrected chi connectivity index (χ0v) is 10.2. The van der Waals surface area contributed by atoms with Crippen LogP contribution >= 0.6 is 11.6 Å². The standard InChI is InChI=1S/C12H20ClNO/c1-9(13)12(15)14-8-4-6-10-5-2-3-7-11(10)14/h9-11H,2-8H2,1H3/t9-,10+,11+/m0/s1. The first-order valence-electron chi connectivity index (χ1n) is 6.14. The molecule has 3 heteroatoms. The average molecular weight is 230 g/mol. The number of amides is 1. The van der Waals surface area contributed by atoms with E-state index in [0.717, 1.165) is 18.9 Å². The number of likely N-dealkylation sites (tertiary alicyclic amines) is 1. The molecular weight excluding hydrogens is 210 g/mol. The average Bonchev–Trinajstić information content (AvgIpc) is 2.27. The van der Waals surface area contributed by atoms with Crippen molar-refractivity contribution in [1.29, 1.82) is 0 Å². The van der Waals surface area contributed by atoms with Gasteiger partial charge in [0.05, 0.1) is 0 Å². The van der Waals surface area contributed by atoms with Crippen LogP contribution in [0.25, 0.3) is 0 Å². The summed E-state index contributed by atoms with van der Waals surface area (Å²) in [5, 5.41) is -0.356. The van der Waals surface area contributed by atoms with Crippen LogP contribution in [-0.2, 0) is 4.79 Å². The van der Waals surface area contributed by atoms with Crippen LogP contribution < -0.4 is 0 Å².